The quantitative estimate of drug-likeness (QED) is 0.546. The lowest BCUT2D eigenvalue weighted by atomic mass is 10.2. The number of aromatic carboxylic acids is 1. The van der Waals surface area contributed by atoms with E-state index in [0.29, 0.717) is 8.57 Å². The van der Waals surface area contributed by atoms with Crippen LogP contribution in [0.25, 0.3) is 0 Å². The molecule has 0 aliphatic heterocycles. The van der Waals surface area contributed by atoms with Crippen LogP contribution in [0.15, 0.2) is 24.3 Å². The van der Waals surface area contributed by atoms with Crippen molar-refractivity contribution >= 4 is 73.4 Å². The van der Waals surface area contributed by atoms with E-state index < -0.39 is 11.9 Å². The summed E-state index contributed by atoms with van der Waals surface area (Å²) >= 11 is 4.96. The molecule has 0 saturated heterocycles. The lowest BCUT2D eigenvalue weighted by molar-refractivity contribution is 0.0702. The number of carboxylic acid groups (broad SMARTS) is 1. The normalized spacial score (nSPS) is 10.3. The summed E-state index contributed by atoms with van der Waals surface area (Å²) in [6, 6.07) is 6.25. The Bertz CT molecular complexity index is 699. The van der Waals surface area contributed by atoms with E-state index in [1.807, 2.05) is 22.6 Å². The monoisotopic (exact) mass is 515 g/mol. The maximum Gasteiger partial charge on any atom is 0.345 e. The standard InChI is InChI=1S/C12H7I2NO4S/c13-5-3-6(10(16)7(14)4-5)11(17)15-9-2-1-8(20-9)12(18)19/h1-4,16H,(H,15,17)(H,18,19). The third-order valence-corrected chi connectivity index (χ3v) is 4.76. The predicted molar refractivity (Wildman–Crippen MR) is 92.8 cm³/mol. The Hall–Kier alpha value is -0.880. The molecule has 104 valence electrons. The Labute approximate surface area is 145 Å². The zero-order valence-corrected chi connectivity index (χ0v) is 14.8. The van der Waals surface area contributed by atoms with Crippen molar-refractivity contribution in [3.63, 3.8) is 0 Å². The van der Waals surface area contributed by atoms with Gasteiger partial charge in [-0.25, -0.2) is 4.79 Å². The molecule has 2 aromatic rings. The molecule has 0 aliphatic carbocycles. The van der Waals surface area contributed by atoms with Crippen molar-refractivity contribution in [2.75, 3.05) is 5.32 Å². The molecule has 1 aromatic heterocycles. The molecule has 3 N–H and O–H groups in total. The van der Waals surface area contributed by atoms with Gasteiger partial charge in [-0.15, -0.1) is 11.3 Å². The lowest BCUT2D eigenvalue weighted by Gasteiger charge is -2.07. The Balaban J connectivity index is 2.26. The van der Waals surface area contributed by atoms with Gasteiger partial charge in [0, 0.05) is 3.57 Å². The van der Waals surface area contributed by atoms with Gasteiger partial charge < -0.3 is 15.5 Å². The fraction of sp³-hybridized carbons (Fsp3) is 0. The SMILES string of the molecule is O=C(O)c1ccc(NC(=O)c2cc(I)cc(I)c2O)s1. The van der Waals surface area contributed by atoms with E-state index in [-0.39, 0.29) is 16.2 Å². The highest BCUT2D eigenvalue weighted by Crippen LogP contribution is 2.29. The average Bonchev–Trinajstić information content (AvgIpc) is 2.82. The molecular weight excluding hydrogens is 508 g/mol. The molecule has 0 fully saturated rings. The summed E-state index contributed by atoms with van der Waals surface area (Å²) in [5, 5.41) is 21.7. The van der Waals surface area contributed by atoms with Crippen LogP contribution in [0.2, 0.25) is 0 Å². The zero-order valence-electron chi connectivity index (χ0n) is 9.68. The van der Waals surface area contributed by atoms with Crippen molar-refractivity contribution in [2.24, 2.45) is 0 Å². The van der Waals surface area contributed by atoms with Gasteiger partial charge in [0.05, 0.1) is 14.1 Å². The number of hydrogen-bond donors (Lipinski definition) is 3. The van der Waals surface area contributed by atoms with Gasteiger partial charge in [-0.05, 0) is 69.4 Å². The molecule has 0 bridgehead atoms. The number of carbonyl (C=O) groups excluding carboxylic acids is 1. The number of hydrogen-bond acceptors (Lipinski definition) is 4. The van der Waals surface area contributed by atoms with Gasteiger partial charge >= 0.3 is 5.97 Å². The molecule has 5 nitrogen and oxygen atoms in total. The van der Waals surface area contributed by atoms with E-state index in [1.54, 1.807) is 12.1 Å². The van der Waals surface area contributed by atoms with Crippen LogP contribution < -0.4 is 5.32 Å². The number of amides is 1. The predicted octanol–water partition coefficient (Wildman–Crippen LogP) is 3.61. The molecule has 2 rings (SSSR count). The molecule has 0 spiro atoms. The van der Waals surface area contributed by atoms with E-state index in [0.717, 1.165) is 14.9 Å². The molecule has 1 amide bonds. The average molecular weight is 515 g/mol. The Morgan fingerprint density at radius 3 is 2.50 bits per heavy atom. The molecule has 0 unspecified atom stereocenters. The van der Waals surface area contributed by atoms with E-state index >= 15 is 0 Å². The topological polar surface area (TPSA) is 86.6 Å². The number of benzene rings is 1. The van der Waals surface area contributed by atoms with Crippen molar-refractivity contribution in [1.29, 1.82) is 0 Å². The first kappa shape index (κ1) is 15.5. The summed E-state index contributed by atoms with van der Waals surface area (Å²) in [5.74, 6) is -1.60. The van der Waals surface area contributed by atoms with Gasteiger partial charge in [-0.1, -0.05) is 0 Å². The van der Waals surface area contributed by atoms with Crippen LogP contribution in [0.3, 0.4) is 0 Å². The minimum Gasteiger partial charge on any atom is -0.506 e. The van der Waals surface area contributed by atoms with Crippen LogP contribution >= 0.6 is 56.5 Å². The summed E-state index contributed by atoms with van der Waals surface area (Å²) in [6.45, 7) is 0. The number of anilines is 1. The lowest BCUT2D eigenvalue weighted by Crippen LogP contribution is -2.11. The Kier molecular flexibility index (Phi) is 4.86. The summed E-state index contributed by atoms with van der Waals surface area (Å²) in [5.41, 5.74) is 0.159. The minimum absolute atomic E-state index is 0.0847. The Morgan fingerprint density at radius 1 is 1.20 bits per heavy atom. The maximum absolute atomic E-state index is 12.1. The number of phenolic OH excluding ortho intramolecular Hbond substituents is 1. The second-order valence-corrected chi connectivity index (χ2v) is 7.20. The summed E-state index contributed by atoms with van der Waals surface area (Å²) < 4.78 is 1.41. The maximum atomic E-state index is 12.1. The zero-order chi connectivity index (χ0) is 14.9. The van der Waals surface area contributed by atoms with E-state index in [4.69, 9.17) is 5.11 Å². The number of aromatic hydroxyl groups is 1. The van der Waals surface area contributed by atoms with Crippen molar-refractivity contribution < 1.29 is 19.8 Å². The number of rotatable bonds is 3. The number of carboxylic acids is 1. The second kappa shape index (κ2) is 6.26. The molecule has 0 saturated carbocycles. The van der Waals surface area contributed by atoms with Gasteiger partial charge in [-0.2, -0.15) is 0 Å². The number of thiophene rings is 1. The molecule has 1 aromatic carbocycles. The van der Waals surface area contributed by atoms with Gasteiger partial charge in [-0.3, -0.25) is 4.79 Å². The smallest absolute Gasteiger partial charge is 0.345 e. The minimum atomic E-state index is -1.04. The van der Waals surface area contributed by atoms with Crippen molar-refractivity contribution in [3.05, 3.63) is 41.8 Å². The van der Waals surface area contributed by atoms with Gasteiger partial charge in [0.25, 0.3) is 5.91 Å². The number of carbonyl (C=O) groups is 2. The van der Waals surface area contributed by atoms with Gasteiger partial charge in [0.1, 0.15) is 10.6 Å². The summed E-state index contributed by atoms with van der Waals surface area (Å²) in [6.07, 6.45) is 0. The number of halogens is 2. The third-order valence-electron chi connectivity index (χ3n) is 2.33. The molecule has 8 heteroatoms. The molecule has 0 atom stereocenters. The van der Waals surface area contributed by atoms with Crippen LogP contribution in [-0.2, 0) is 0 Å². The summed E-state index contributed by atoms with van der Waals surface area (Å²) in [7, 11) is 0. The van der Waals surface area contributed by atoms with E-state index in [2.05, 4.69) is 27.9 Å². The van der Waals surface area contributed by atoms with Gasteiger partial charge in [0.15, 0.2) is 0 Å². The second-order valence-electron chi connectivity index (χ2n) is 3.71. The van der Waals surface area contributed by atoms with Gasteiger partial charge in [0.2, 0.25) is 0 Å². The largest absolute Gasteiger partial charge is 0.506 e. The highest BCUT2D eigenvalue weighted by Gasteiger charge is 2.16. The molecule has 0 aliphatic rings. The van der Waals surface area contributed by atoms with Crippen molar-refractivity contribution in [2.45, 2.75) is 0 Å². The van der Waals surface area contributed by atoms with Crippen LogP contribution in [0.5, 0.6) is 5.75 Å². The van der Waals surface area contributed by atoms with Crippen molar-refractivity contribution in [1.82, 2.24) is 0 Å². The summed E-state index contributed by atoms with van der Waals surface area (Å²) in [4.78, 5) is 23.0. The first-order chi connectivity index (χ1) is 9.38. The molecule has 0 radical (unpaired) electrons. The molecule has 20 heavy (non-hydrogen) atoms. The van der Waals surface area contributed by atoms with Crippen LogP contribution in [0, 0.1) is 7.14 Å². The fourth-order valence-corrected chi connectivity index (χ4v) is 4.02. The first-order valence-corrected chi connectivity index (χ1v) is 8.18. The van der Waals surface area contributed by atoms with Crippen molar-refractivity contribution in [3.8, 4) is 5.75 Å². The number of nitrogens with one attached hydrogen (secondary N) is 1. The molecular formula is C12H7I2NO4S. The van der Waals surface area contributed by atoms with E-state index in [9.17, 15) is 14.7 Å². The van der Waals surface area contributed by atoms with Crippen LogP contribution in [-0.4, -0.2) is 22.1 Å². The third kappa shape index (κ3) is 3.41. The fourth-order valence-electron chi connectivity index (χ4n) is 1.44. The van der Waals surface area contributed by atoms with Crippen LogP contribution in [0.4, 0.5) is 5.00 Å². The first-order valence-electron chi connectivity index (χ1n) is 5.21. The Morgan fingerprint density at radius 2 is 1.90 bits per heavy atom. The van der Waals surface area contributed by atoms with Crippen LogP contribution in [0.1, 0.15) is 20.0 Å². The number of phenols is 1. The highest BCUT2D eigenvalue weighted by molar-refractivity contribution is 14.1. The molecule has 1 heterocycles. The van der Waals surface area contributed by atoms with E-state index in [1.165, 1.54) is 12.1 Å². The highest BCUT2D eigenvalue weighted by atomic mass is 127.